The lowest BCUT2D eigenvalue weighted by molar-refractivity contribution is -0.0406. The van der Waals surface area contributed by atoms with Crippen LogP contribution in [0.5, 0.6) is 0 Å². The van der Waals surface area contributed by atoms with E-state index in [0.717, 1.165) is 18.2 Å². The average molecular weight is 494 g/mol. The predicted octanol–water partition coefficient (Wildman–Crippen LogP) is 2.54. The summed E-state index contributed by atoms with van der Waals surface area (Å²) in [6.07, 6.45) is 2.24. The number of aromatic nitrogens is 4. The van der Waals surface area contributed by atoms with Gasteiger partial charge in [-0.1, -0.05) is 24.3 Å². The van der Waals surface area contributed by atoms with Gasteiger partial charge in [-0.05, 0) is 35.6 Å². The lowest BCUT2D eigenvalue weighted by Gasteiger charge is -2.16. The van der Waals surface area contributed by atoms with E-state index in [-0.39, 0.29) is 30.4 Å². The number of nitrogens with zero attached hydrogens (tertiary/aromatic N) is 4. The number of halogens is 1. The van der Waals surface area contributed by atoms with E-state index in [9.17, 15) is 9.67 Å². The molecule has 2 aliphatic rings. The van der Waals surface area contributed by atoms with Crippen molar-refractivity contribution in [3.63, 3.8) is 0 Å². The van der Waals surface area contributed by atoms with E-state index >= 15 is 0 Å². The van der Waals surface area contributed by atoms with E-state index in [0.29, 0.717) is 24.4 Å². The highest BCUT2D eigenvalue weighted by molar-refractivity contribution is 7.37. The Morgan fingerprint density at radius 1 is 1.33 bits per heavy atom. The number of anilines is 1. The van der Waals surface area contributed by atoms with Gasteiger partial charge in [-0.25, -0.2) is 4.68 Å². The van der Waals surface area contributed by atoms with Gasteiger partial charge in [-0.3, -0.25) is 4.57 Å². The predicted molar refractivity (Wildman–Crippen MR) is 123 cm³/mol. The van der Waals surface area contributed by atoms with Crippen LogP contribution in [0.2, 0.25) is 5.28 Å². The average Bonchev–Trinajstić information content (AvgIpc) is 3.46. The van der Waals surface area contributed by atoms with Crippen LogP contribution in [0.4, 0.5) is 5.82 Å². The Morgan fingerprint density at radius 3 is 3.03 bits per heavy atom. The fourth-order valence-electron chi connectivity index (χ4n) is 4.58. The minimum Gasteiger partial charge on any atom is -0.390 e. The van der Waals surface area contributed by atoms with Crippen LogP contribution < -0.4 is 5.32 Å². The molecule has 1 fully saturated rings. The van der Waals surface area contributed by atoms with Crippen molar-refractivity contribution in [2.24, 2.45) is 0 Å². The minimum atomic E-state index is -2.71. The molecule has 1 saturated heterocycles. The SMILES string of the molecule is O=[PH](O)COC[C@H]1O[C@H](Cn2ncc3c(N[C@@H]4CCc5ccccc54)nc(Cl)nc32)CC1O. The first-order valence-corrected chi connectivity index (χ1v) is 12.8. The first kappa shape index (κ1) is 22.7. The number of nitrogens with one attached hydrogen (secondary N) is 1. The van der Waals surface area contributed by atoms with Gasteiger partial charge in [0.05, 0.1) is 43.0 Å². The molecular formula is C21H25ClN5O5P. The van der Waals surface area contributed by atoms with Crippen molar-refractivity contribution in [2.75, 3.05) is 18.3 Å². The molecule has 12 heteroatoms. The number of hydrogen-bond acceptors (Lipinski definition) is 8. The normalized spacial score (nSPS) is 25.4. The van der Waals surface area contributed by atoms with Crippen LogP contribution in [-0.4, -0.2) is 61.0 Å². The van der Waals surface area contributed by atoms with Crippen LogP contribution in [0.3, 0.4) is 0 Å². The third kappa shape index (κ3) is 4.91. The van der Waals surface area contributed by atoms with Gasteiger partial charge in [0.15, 0.2) is 5.65 Å². The molecule has 33 heavy (non-hydrogen) atoms. The largest absolute Gasteiger partial charge is 0.390 e. The second kappa shape index (κ2) is 9.66. The zero-order valence-corrected chi connectivity index (χ0v) is 19.5. The highest BCUT2D eigenvalue weighted by atomic mass is 35.5. The van der Waals surface area contributed by atoms with Gasteiger partial charge in [0.1, 0.15) is 18.3 Å². The van der Waals surface area contributed by atoms with Gasteiger partial charge in [0.25, 0.3) is 0 Å². The Hall–Kier alpha value is -2.07. The quantitative estimate of drug-likeness (QED) is 0.320. The molecule has 0 amide bonds. The fourth-order valence-corrected chi connectivity index (χ4v) is 5.04. The lowest BCUT2D eigenvalue weighted by atomic mass is 10.1. The van der Waals surface area contributed by atoms with Gasteiger partial charge >= 0.3 is 0 Å². The Labute approximate surface area is 195 Å². The van der Waals surface area contributed by atoms with E-state index in [1.165, 1.54) is 11.1 Å². The Bertz CT molecular complexity index is 1180. The Morgan fingerprint density at radius 2 is 2.18 bits per heavy atom. The summed E-state index contributed by atoms with van der Waals surface area (Å²) in [5.74, 6) is 0.635. The zero-order valence-electron chi connectivity index (χ0n) is 17.7. The molecule has 1 aliphatic carbocycles. The molecule has 2 unspecified atom stereocenters. The smallest absolute Gasteiger partial charge is 0.226 e. The van der Waals surface area contributed by atoms with Crippen molar-refractivity contribution in [1.29, 1.82) is 0 Å². The van der Waals surface area contributed by atoms with E-state index < -0.39 is 20.2 Å². The number of rotatable bonds is 8. The maximum absolute atomic E-state index is 10.8. The summed E-state index contributed by atoms with van der Waals surface area (Å²) in [6, 6.07) is 8.51. The number of aliphatic hydroxyl groups is 1. The lowest BCUT2D eigenvalue weighted by Crippen LogP contribution is -2.26. The minimum absolute atomic E-state index is 0.0550. The van der Waals surface area contributed by atoms with Crippen molar-refractivity contribution in [2.45, 2.75) is 50.2 Å². The second-order valence-electron chi connectivity index (χ2n) is 8.35. The summed E-state index contributed by atoms with van der Waals surface area (Å²) >= 11 is 6.25. The molecule has 0 bridgehead atoms. The van der Waals surface area contributed by atoms with Gasteiger partial charge < -0.3 is 24.8 Å². The van der Waals surface area contributed by atoms with Crippen molar-refractivity contribution < 1.29 is 24.0 Å². The van der Waals surface area contributed by atoms with Crippen molar-refractivity contribution in [3.05, 3.63) is 46.9 Å². The van der Waals surface area contributed by atoms with Crippen LogP contribution in [-0.2, 0) is 27.0 Å². The topological polar surface area (TPSA) is 132 Å². The second-order valence-corrected chi connectivity index (χ2v) is 9.76. The van der Waals surface area contributed by atoms with Crippen LogP contribution >= 0.6 is 19.6 Å². The summed E-state index contributed by atoms with van der Waals surface area (Å²) in [4.78, 5) is 17.7. The molecule has 3 heterocycles. The maximum atomic E-state index is 10.8. The molecule has 3 N–H and O–H groups in total. The zero-order chi connectivity index (χ0) is 22.9. The standard InChI is InChI=1S/C21H25ClN5O5P/c22-21-25-19(24-16-6-5-12-3-1-2-4-14(12)16)15-8-23-27(20(15)26-21)9-13-7-17(28)18(32-13)10-31-11-33(29)30/h1-4,8,13,16-18,28,33H,5-7,9-11H2,(H,29,30)(H,24,25,26)/t13-,16+,17?,18+/m0/s1. The van der Waals surface area contributed by atoms with Gasteiger partial charge in [0.2, 0.25) is 13.3 Å². The maximum Gasteiger partial charge on any atom is 0.226 e. The molecule has 0 radical (unpaired) electrons. The van der Waals surface area contributed by atoms with E-state index in [2.05, 4.69) is 38.6 Å². The van der Waals surface area contributed by atoms with Crippen molar-refractivity contribution in [3.8, 4) is 0 Å². The summed E-state index contributed by atoms with van der Waals surface area (Å²) < 4.78 is 23.5. The third-order valence-electron chi connectivity index (χ3n) is 6.10. The highest BCUT2D eigenvalue weighted by Gasteiger charge is 2.35. The number of fused-ring (bicyclic) bond motifs is 2. The molecule has 3 aromatic rings. The van der Waals surface area contributed by atoms with Gasteiger partial charge in [0, 0.05) is 6.42 Å². The summed E-state index contributed by atoms with van der Waals surface area (Å²) in [6.45, 7) is 0.423. The van der Waals surface area contributed by atoms with E-state index in [1.807, 2.05) is 6.07 Å². The van der Waals surface area contributed by atoms with E-state index in [1.54, 1.807) is 10.9 Å². The van der Waals surface area contributed by atoms with Crippen LogP contribution in [0, 0.1) is 0 Å². The summed E-state index contributed by atoms with van der Waals surface area (Å²) in [5.41, 5.74) is 3.19. The molecule has 176 valence electrons. The molecule has 0 spiro atoms. The first-order chi connectivity index (χ1) is 16.0. The first-order valence-electron chi connectivity index (χ1n) is 10.8. The number of ether oxygens (including phenoxy) is 2. The molecule has 1 aromatic carbocycles. The van der Waals surface area contributed by atoms with Crippen molar-refractivity contribution in [1.82, 2.24) is 19.7 Å². The summed E-state index contributed by atoms with van der Waals surface area (Å²) in [7, 11) is -2.71. The van der Waals surface area contributed by atoms with Gasteiger partial charge in [-0.15, -0.1) is 0 Å². The Balaban J connectivity index is 1.31. The van der Waals surface area contributed by atoms with E-state index in [4.69, 9.17) is 26.0 Å². The number of aryl methyl sites for hydroxylation is 1. The van der Waals surface area contributed by atoms with Crippen LogP contribution in [0.1, 0.15) is 30.0 Å². The fraction of sp³-hybridized carbons (Fsp3) is 0.476. The molecule has 2 aromatic heterocycles. The van der Waals surface area contributed by atoms with Crippen LogP contribution in [0.15, 0.2) is 30.5 Å². The molecule has 0 saturated carbocycles. The van der Waals surface area contributed by atoms with Crippen molar-refractivity contribution >= 4 is 36.5 Å². The molecule has 10 nitrogen and oxygen atoms in total. The number of hydrogen-bond donors (Lipinski definition) is 3. The monoisotopic (exact) mass is 493 g/mol. The Kier molecular flexibility index (Phi) is 6.65. The molecular weight excluding hydrogens is 469 g/mol. The van der Waals surface area contributed by atoms with Crippen LogP contribution in [0.25, 0.3) is 11.0 Å². The third-order valence-corrected chi connectivity index (χ3v) is 6.72. The van der Waals surface area contributed by atoms with Gasteiger partial charge in [-0.2, -0.15) is 15.1 Å². The molecule has 1 aliphatic heterocycles. The molecule has 5 atom stereocenters. The number of aliphatic hydroxyl groups excluding tert-OH is 1. The summed E-state index contributed by atoms with van der Waals surface area (Å²) in [5, 5.41) is 19.1. The highest BCUT2D eigenvalue weighted by Crippen LogP contribution is 2.35. The number of benzene rings is 1. The molecule has 5 rings (SSSR count).